The van der Waals surface area contributed by atoms with Crippen LogP contribution in [0.15, 0.2) is 36.5 Å². The molecule has 17 heavy (non-hydrogen) atoms. The molecule has 1 heterocycles. The van der Waals surface area contributed by atoms with Gasteiger partial charge in [-0.1, -0.05) is 11.6 Å². The zero-order valence-corrected chi connectivity index (χ0v) is 9.50. The van der Waals surface area contributed by atoms with Crippen LogP contribution in [0, 0.1) is 5.82 Å². The number of aromatic nitrogens is 1. The summed E-state index contributed by atoms with van der Waals surface area (Å²) in [5.74, 6) is 5.38. The van der Waals surface area contributed by atoms with Gasteiger partial charge in [0, 0.05) is 18.0 Å². The lowest BCUT2D eigenvalue weighted by Crippen LogP contribution is -2.08. The van der Waals surface area contributed by atoms with Crippen LogP contribution in [-0.2, 0) is 0 Å². The third-order valence-electron chi connectivity index (χ3n) is 2.12. The van der Waals surface area contributed by atoms with Gasteiger partial charge in [-0.2, -0.15) is 0 Å². The van der Waals surface area contributed by atoms with Crippen molar-refractivity contribution in [2.24, 2.45) is 5.84 Å². The van der Waals surface area contributed by atoms with Crippen molar-refractivity contribution in [1.29, 1.82) is 0 Å². The van der Waals surface area contributed by atoms with Crippen LogP contribution in [0.2, 0.25) is 5.02 Å². The fourth-order valence-corrected chi connectivity index (χ4v) is 1.50. The van der Waals surface area contributed by atoms with Crippen molar-refractivity contribution in [2.45, 2.75) is 0 Å². The minimum Gasteiger partial charge on any atom is -0.354 e. The molecule has 6 heteroatoms. The molecule has 0 aliphatic heterocycles. The summed E-state index contributed by atoms with van der Waals surface area (Å²) in [7, 11) is 0. The number of benzene rings is 1. The maximum Gasteiger partial charge on any atom is 0.141 e. The van der Waals surface area contributed by atoms with Crippen molar-refractivity contribution in [2.75, 3.05) is 10.7 Å². The zero-order chi connectivity index (χ0) is 12.3. The predicted molar refractivity (Wildman–Crippen MR) is 66.7 cm³/mol. The first-order valence-electron chi connectivity index (χ1n) is 4.84. The van der Waals surface area contributed by atoms with Gasteiger partial charge in [0.15, 0.2) is 0 Å². The third-order valence-corrected chi connectivity index (χ3v) is 2.44. The van der Waals surface area contributed by atoms with Crippen LogP contribution in [0.4, 0.5) is 21.6 Å². The maximum absolute atomic E-state index is 13.1. The van der Waals surface area contributed by atoms with Crippen molar-refractivity contribution >= 4 is 28.8 Å². The number of nitrogen functional groups attached to an aromatic ring is 1. The van der Waals surface area contributed by atoms with E-state index in [2.05, 4.69) is 15.7 Å². The fraction of sp³-hybridized carbons (Fsp3) is 0. The summed E-state index contributed by atoms with van der Waals surface area (Å²) in [6, 6.07) is 7.51. The second-order valence-corrected chi connectivity index (χ2v) is 3.73. The number of hydrazine groups is 1. The number of pyridine rings is 1. The van der Waals surface area contributed by atoms with Crippen molar-refractivity contribution in [3.05, 3.63) is 47.4 Å². The number of nitrogens with one attached hydrogen (secondary N) is 2. The van der Waals surface area contributed by atoms with Crippen LogP contribution in [0.3, 0.4) is 0 Å². The molecular formula is C11H10ClFN4. The van der Waals surface area contributed by atoms with E-state index in [0.29, 0.717) is 22.2 Å². The molecule has 4 nitrogen and oxygen atoms in total. The van der Waals surface area contributed by atoms with Crippen LogP contribution in [0.1, 0.15) is 0 Å². The molecular weight excluding hydrogens is 243 g/mol. The second kappa shape index (κ2) is 4.99. The Hall–Kier alpha value is -1.85. The van der Waals surface area contributed by atoms with E-state index in [1.54, 1.807) is 18.3 Å². The van der Waals surface area contributed by atoms with Gasteiger partial charge < -0.3 is 10.7 Å². The molecule has 0 atom stereocenters. The molecule has 1 aromatic carbocycles. The van der Waals surface area contributed by atoms with Gasteiger partial charge in [0.1, 0.15) is 11.6 Å². The Morgan fingerprint density at radius 3 is 2.82 bits per heavy atom. The van der Waals surface area contributed by atoms with Crippen molar-refractivity contribution in [1.82, 2.24) is 4.98 Å². The average molecular weight is 253 g/mol. The number of nitrogens with two attached hydrogens (primary N) is 1. The van der Waals surface area contributed by atoms with Gasteiger partial charge in [-0.25, -0.2) is 15.2 Å². The summed E-state index contributed by atoms with van der Waals surface area (Å²) in [6.45, 7) is 0. The van der Waals surface area contributed by atoms with E-state index in [0.717, 1.165) is 0 Å². The molecule has 88 valence electrons. The van der Waals surface area contributed by atoms with Gasteiger partial charge in [0.25, 0.3) is 0 Å². The molecule has 0 radical (unpaired) electrons. The first-order valence-corrected chi connectivity index (χ1v) is 5.21. The second-order valence-electron chi connectivity index (χ2n) is 3.32. The Morgan fingerprint density at radius 1 is 1.24 bits per heavy atom. The van der Waals surface area contributed by atoms with Gasteiger partial charge in [-0.15, -0.1) is 0 Å². The molecule has 0 bridgehead atoms. The zero-order valence-electron chi connectivity index (χ0n) is 8.74. The highest BCUT2D eigenvalue weighted by molar-refractivity contribution is 6.33. The molecule has 0 fully saturated rings. The Labute approximate surface area is 103 Å². The normalized spacial score (nSPS) is 10.1. The van der Waals surface area contributed by atoms with E-state index in [9.17, 15) is 4.39 Å². The molecule has 0 amide bonds. The SMILES string of the molecule is NNc1cc(Nc2cc(F)ccc2Cl)ccn1. The summed E-state index contributed by atoms with van der Waals surface area (Å²) in [5.41, 5.74) is 3.62. The maximum atomic E-state index is 13.1. The molecule has 2 rings (SSSR count). The minimum atomic E-state index is -0.358. The van der Waals surface area contributed by atoms with Gasteiger partial charge in [0.05, 0.1) is 10.7 Å². The molecule has 0 saturated carbocycles. The first-order chi connectivity index (χ1) is 8.19. The number of anilines is 3. The van der Waals surface area contributed by atoms with Gasteiger partial charge in [0.2, 0.25) is 0 Å². The summed E-state index contributed by atoms with van der Waals surface area (Å²) in [6.07, 6.45) is 1.57. The summed E-state index contributed by atoms with van der Waals surface area (Å²) in [4.78, 5) is 3.96. The molecule has 4 N–H and O–H groups in total. The van der Waals surface area contributed by atoms with Crippen LogP contribution in [0.25, 0.3) is 0 Å². The lowest BCUT2D eigenvalue weighted by atomic mass is 10.3. The lowest BCUT2D eigenvalue weighted by molar-refractivity contribution is 0.628. The van der Waals surface area contributed by atoms with Crippen LogP contribution in [-0.4, -0.2) is 4.98 Å². The number of rotatable bonds is 3. The molecule has 0 aliphatic carbocycles. The number of halogens is 2. The Kier molecular flexibility index (Phi) is 3.41. The topological polar surface area (TPSA) is 63.0 Å². The standard InChI is InChI=1S/C11H10ClFN4/c12-9-2-1-7(13)5-10(9)16-8-3-4-15-11(6-8)17-14/h1-6H,14H2,(H2,15,16,17). The van der Waals surface area contributed by atoms with Gasteiger partial charge in [-0.3, -0.25) is 0 Å². The first kappa shape index (κ1) is 11.6. The number of hydrogen-bond donors (Lipinski definition) is 3. The predicted octanol–water partition coefficient (Wildman–Crippen LogP) is 2.90. The number of hydrogen-bond acceptors (Lipinski definition) is 4. The van der Waals surface area contributed by atoms with Crippen LogP contribution in [0.5, 0.6) is 0 Å². The summed E-state index contributed by atoms with van der Waals surface area (Å²) >= 11 is 5.93. The molecule has 0 spiro atoms. The highest BCUT2D eigenvalue weighted by atomic mass is 35.5. The highest BCUT2D eigenvalue weighted by Gasteiger charge is 2.03. The van der Waals surface area contributed by atoms with Crippen LogP contribution < -0.4 is 16.6 Å². The van der Waals surface area contributed by atoms with Crippen molar-refractivity contribution in [3.8, 4) is 0 Å². The average Bonchev–Trinajstić information content (AvgIpc) is 2.34. The van der Waals surface area contributed by atoms with E-state index in [-0.39, 0.29) is 5.82 Å². The fourth-order valence-electron chi connectivity index (χ4n) is 1.34. The molecule has 2 aromatic rings. The van der Waals surface area contributed by atoms with E-state index in [1.165, 1.54) is 18.2 Å². The summed E-state index contributed by atoms with van der Waals surface area (Å²) < 4.78 is 13.1. The van der Waals surface area contributed by atoms with E-state index in [4.69, 9.17) is 17.4 Å². The van der Waals surface area contributed by atoms with Crippen molar-refractivity contribution in [3.63, 3.8) is 0 Å². The molecule has 0 aliphatic rings. The lowest BCUT2D eigenvalue weighted by Gasteiger charge is -2.09. The van der Waals surface area contributed by atoms with Gasteiger partial charge in [-0.05, 0) is 24.3 Å². The molecule has 0 unspecified atom stereocenters. The Morgan fingerprint density at radius 2 is 2.06 bits per heavy atom. The Balaban J connectivity index is 2.27. The highest BCUT2D eigenvalue weighted by Crippen LogP contribution is 2.26. The van der Waals surface area contributed by atoms with E-state index in [1.807, 2.05) is 0 Å². The van der Waals surface area contributed by atoms with Crippen LogP contribution >= 0.6 is 11.6 Å². The minimum absolute atomic E-state index is 0.358. The quantitative estimate of drug-likeness (QED) is 0.581. The van der Waals surface area contributed by atoms with E-state index < -0.39 is 0 Å². The monoisotopic (exact) mass is 252 g/mol. The van der Waals surface area contributed by atoms with Gasteiger partial charge >= 0.3 is 0 Å². The van der Waals surface area contributed by atoms with E-state index >= 15 is 0 Å². The molecule has 1 aromatic heterocycles. The smallest absolute Gasteiger partial charge is 0.141 e. The number of nitrogens with zero attached hydrogens (tertiary/aromatic N) is 1. The van der Waals surface area contributed by atoms with Crippen molar-refractivity contribution < 1.29 is 4.39 Å². The summed E-state index contributed by atoms with van der Waals surface area (Å²) in [5, 5.41) is 3.42. The Bertz CT molecular complexity index is 533. The molecule has 0 saturated heterocycles. The third kappa shape index (κ3) is 2.83. The largest absolute Gasteiger partial charge is 0.354 e.